The Bertz CT molecular complexity index is 685. The molecule has 1 heterocycles. The third kappa shape index (κ3) is 4.50. The van der Waals surface area contributed by atoms with E-state index in [4.69, 9.17) is 16.3 Å². The van der Waals surface area contributed by atoms with Crippen LogP contribution in [0, 0.1) is 0 Å². The molecule has 0 spiro atoms. The van der Waals surface area contributed by atoms with Crippen molar-refractivity contribution in [2.75, 3.05) is 39.5 Å². The fraction of sp³-hybridized carbons (Fsp3) is 0.400. The minimum Gasteiger partial charge on any atom is -0.496 e. The molecule has 1 unspecified atom stereocenters. The van der Waals surface area contributed by atoms with Crippen LogP contribution in [0.4, 0.5) is 0 Å². The van der Waals surface area contributed by atoms with E-state index in [-0.39, 0.29) is 6.04 Å². The lowest BCUT2D eigenvalue weighted by Gasteiger charge is -2.32. The maximum absolute atomic E-state index is 6.33. The second-order valence-electron chi connectivity index (χ2n) is 6.20. The van der Waals surface area contributed by atoms with Gasteiger partial charge >= 0.3 is 0 Å². The summed E-state index contributed by atoms with van der Waals surface area (Å²) in [5.41, 5.74) is 2.41. The van der Waals surface area contributed by atoms with E-state index in [1.165, 1.54) is 10.5 Å². The Morgan fingerprint density at radius 2 is 1.92 bits per heavy atom. The Labute approximate surface area is 159 Å². The Kier molecular flexibility index (Phi) is 6.65. The summed E-state index contributed by atoms with van der Waals surface area (Å²) < 4.78 is 5.66. The zero-order chi connectivity index (χ0) is 17.6. The van der Waals surface area contributed by atoms with Crippen molar-refractivity contribution in [1.82, 2.24) is 10.2 Å². The van der Waals surface area contributed by atoms with E-state index in [9.17, 15) is 0 Å². The van der Waals surface area contributed by atoms with Gasteiger partial charge in [0, 0.05) is 35.1 Å². The highest BCUT2D eigenvalue weighted by Gasteiger charge is 2.26. The van der Waals surface area contributed by atoms with Gasteiger partial charge in [0.2, 0.25) is 0 Å². The molecule has 2 aromatic carbocycles. The SMILES string of the molecule is COc1ccc(Cl)cc1C(c1ccc(SC)cc1)N1CCCNCC1. The molecule has 1 aliphatic heterocycles. The first kappa shape index (κ1) is 18.6. The second-order valence-corrected chi connectivity index (χ2v) is 7.52. The van der Waals surface area contributed by atoms with Gasteiger partial charge in [-0.1, -0.05) is 23.7 Å². The Hall–Kier alpha value is -1.20. The van der Waals surface area contributed by atoms with E-state index in [0.29, 0.717) is 0 Å². The van der Waals surface area contributed by atoms with Crippen LogP contribution in [0.3, 0.4) is 0 Å². The minimum atomic E-state index is 0.143. The fourth-order valence-electron chi connectivity index (χ4n) is 3.42. The molecule has 0 amide bonds. The molecule has 134 valence electrons. The molecule has 5 heteroatoms. The normalized spacial score (nSPS) is 17.1. The van der Waals surface area contributed by atoms with Gasteiger partial charge in [-0.25, -0.2) is 0 Å². The average Bonchev–Trinajstić information content (AvgIpc) is 2.92. The number of rotatable bonds is 5. The minimum absolute atomic E-state index is 0.143. The lowest BCUT2D eigenvalue weighted by molar-refractivity contribution is 0.236. The molecule has 25 heavy (non-hydrogen) atoms. The molecule has 1 atom stereocenters. The van der Waals surface area contributed by atoms with Crippen LogP contribution < -0.4 is 10.1 Å². The third-order valence-corrected chi connectivity index (χ3v) is 5.64. The number of methoxy groups -OCH3 is 1. The molecular weight excluding hydrogens is 352 g/mol. The lowest BCUT2D eigenvalue weighted by atomic mass is 9.96. The molecule has 3 nitrogen and oxygen atoms in total. The monoisotopic (exact) mass is 376 g/mol. The molecule has 1 aliphatic rings. The summed E-state index contributed by atoms with van der Waals surface area (Å²) in [6.45, 7) is 4.13. The van der Waals surface area contributed by atoms with Gasteiger partial charge in [-0.2, -0.15) is 0 Å². The fourth-order valence-corrected chi connectivity index (χ4v) is 4.01. The van der Waals surface area contributed by atoms with E-state index in [1.54, 1.807) is 18.9 Å². The van der Waals surface area contributed by atoms with E-state index in [0.717, 1.165) is 48.9 Å². The first-order valence-electron chi connectivity index (χ1n) is 8.65. The van der Waals surface area contributed by atoms with Crippen molar-refractivity contribution in [2.45, 2.75) is 17.4 Å². The average molecular weight is 377 g/mol. The standard InChI is InChI=1S/C20H25ClN2OS/c1-24-19-9-6-16(21)14-18(19)20(23-12-3-10-22-11-13-23)15-4-7-17(25-2)8-5-15/h4-9,14,20,22H,3,10-13H2,1-2H3. The Morgan fingerprint density at radius 1 is 1.12 bits per heavy atom. The summed E-state index contributed by atoms with van der Waals surface area (Å²) in [4.78, 5) is 3.81. The number of nitrogens with one attached hydrogen (secondary N) is 1. The highest BCUT2D eigenvalue weighted by atomic mass is 35.5. The maximum Gasteiger partial charge on any atom is 0.124 e. The molecular formula is C20H25ClN2OS. The quantitative estimate of drug-likeness (QED) is 0.779. The topological polar surface area (TPSA) is 24.5 Å². The van der Waals surface area contributed by atoms with Gasteiger partial charge in [0.15, 0.2) is 0 Å². The van der Waals surface area contributed by atoms with Crippen LogP contribution >= 0.6 is 23.4 Å². The zero-order valence-corrected chi connectivity index (χ0v) is 16.4. The number of benzene rings is 2. The van der Waals surface area contributed by atoms with Crippen LogP contribution in [0.2, 0.25) is 5.02 Å². The highest BCUT2D eigenvalue weighted by molar-refractivity contribution is 7.98. The summed E-state index contributed by atoms with van der Waals surface area (Å²) in [6.07, 6.45) is 3.25. The van der Waals surface area contributed by atoms with Crippen LogP contribution in [0.1, 0.15) is 23.6 Å². The summed E-state index contributed by atoms with van der Waals surface area (Å²) >= 11 is 8.10. The summed E-state index contributed by atoms with van der Waals surface area (Å²) in [5.74, 6) is 0.889. The van der Waals surface area contributed by atoms with E-state index >= 15 is 0 Å². The highest BCUT2D eigenvalue weighted by Crippen LogP contribution is 2.37. The number of hydrogen-bond donors (Lipinski definition) is 1. The molecule has 3 rings (SSSR count). The molecule has 0 radical (unpaired) electrons. The molecule has 0 aliphatic carbocycles. The maximum atomic E-state index is 6.33. The largest absolute Gasteiger partial charge is 0.496 e. The van der Waals surface area contributed by atoms with Crippen molar-refractivity contribution in [1.29, 1.82) is 0 Å². The van der Waals surface area contributed by atoms with Crippen LogP contribution in [-0.4, -0.2) is 44.4 Å². The Balaban J connectivity index is 2.05. The summed E-state index contributed by atoms with van der Waals surface area (Å²) in [6, 6.07) is 14.9. The molecule has 1 saturated heterocycles. The van der Waals surface area contributed by atoms with E-state index in [2.05, 4.69) is 40.7 Å². The van der Waals surface area contributed by atoms with Crippen LogP contribution in [-0.2, 0) is 0 Å². The number of ether oxygens (including phenoxy) is 1. The summed E-state index contributed by atoms with van der Waals surface area (Å²) in [7, 11) is 1.73. The smallest absolute Gasteiger partial charge is 0.124 e. The molecule has 1 N–H and O–H groups in total. The zero-order valence-electron chi connectivity index (χ0n) is 14.8. The van der Waals surface area contributed by atoms with Crippen LogP contribution in [0.25, 0.3) is 0 Å². The Morgan fingerprint density at radius 3 is 2.64 bits per heavy atom. The van der Waals surface area contributed by atoms with Gasteiger partial charge in [0.1, 0.15) is 5.75 Å². The van der Waals surface area contributed by atoms with E-state index in [1.807, 2.05) is 18.2 Å². The van der Waals surface area contributed by atoms with Crippen molar-refractivity contribution in [2.24, 2.45) is 0 Å². The molecule has 0 bridgehead atoms. The molecule has 0 aromatic heterocycles. The van der Waals surface area contributed by atoms with Gasteiger partial charge in [-0.15, -0.1) is 11.8 Å². The molecule has 0 saturated carbocycles. The molecule has 2 aromatic rings. The predicted molar refractivity (Wildman–Crippen MR) is 107 cm³/mol. The van der Waals surface area contributed by atoms with Crippen LogP contribution in [0.5, 0.6) is 5.75 Å². The first-order chi connectivity index (χ1) is 12.2. The number of nitrogens with zero attached hydrogens (tertiary/aromatic N) is 1. The summed E-state index contributed by atoms with van der Waals surface area (Å²) in [5, 5.41) is 4.24. The van der Waals surface area contributed by atoms with Gasteiger partial charge in [-0.3, -0.25) is 4.90 Å². The number of thioether (sulfide) groups is 1. The predicted octanol–water partition coefficient (Wildman–Crippen LogP) is 4.46. The van der Waals surface area contributed by atoms with Crippen molar-refractivity contribution >= 4 is 23.4 Å². The van der Waals surface area contributed by atoms with Gasteiger partial charge in [0.05, 0.1) is 13.2 Å². The van der Waals surface area contributed by atoms with Gasteiger partial charge in [0.25, 0.3) is 0 Å². The second kappa shape index (κ2) is 8.95. The molecule has 1 fully saturated rings. The van der Waals surface area contributed by atoms with E-state index < -0.39 is 0 Å². The van der Waals surface area contributed by atoms with Crippen molar-refractivity contribution in [3.63, 3.8) is 0 Å². The van der Waals surface area contributed by atoms with Gasteiger partial charge < -0.3 is 10.1 Å². The number of halogens is 1. The third-order valence-electron chi connectivity index (χ3n) is 4.66. The van der Waals surface area contributed by atoms with Crippen molar-refractivity contribution in [3.05, 3.63) is 58.6 Å². The van der Waals surface area contributed by atoms with Crippen LogP contribution in [0.15, 0.2) is 47.4 Å². The van der Waals surface area contributed by atoms with Gasteiger partial charge in [-0.05, 0) is 55.1 Å². The first-order valence-corrected chi connectivity index (χ1v) is 10.3. The van der Waals surface area contributed by atoms with Crippen molar-refractivity contribution < 1.29 is 4.74 Å². The lowest BCUT2D eigenvalue weighted by Crippen LogP contribution is -2.33. The number of hydrogen-bond acceptors (Lipinski definition) is 4. The van der Waals surface area contributed by atoms with Crippen molar-refractivity contribution in [3.8, 4) is 5.75 Å².